The third kappa shape index (κ3) is 3.32. The van der Waals surface area contributed by atoms with Gasteiger partial charge in [0, 0.05) is 10.2 Å². The predicted molar refractivity (Wildman–Crippen MR) is 85.9 cm³/mol. The molecule has 3 N–H and O–H groups in total. The van der Waals surface area contributed by atoms with Crippen LogP contribution in [0.15, 0.2) is 46.9 Å². The highest BCUT2D eigenvalue weighted by Crippen LogP contribution is 2.24. The van der Waals surface area contributed by atoms with Gasteiger partial charge in [-0.05, 0) is 36.8 Å². The standard InChI is InChI=1S/C15H14BrClN2O/c1-9(11-4-2-3-5-13(11)16)19-15(20)12-7-6-10(18)8-14(12)17/h2-9H,18H2,1H3,(H,19,20). The molecule has 0 aliphatic carbocycles. The van der Waals surface area contributed by atoms with Crippen molar-refractivity contribution in [2.45, 2.75) is 13.0 Å². The van der Waals surface area contributed by atoms with Crippen LogP contribution in [0.1, 0.15) is 28.9 Å². The number of nitrogens with two attached hydrogens (primary N) is 1. The number of hydrogen-bond acceptors (Lipinski definition) is 2. The van der Waals surface area contributed by atoms with Crippen molar-refractivity contribution in [2.24, 2.45) is 0 Å². The van der Waals surface area contributed by atoms with Gasteiger partial charge >= 0.3 is 0 Å². The summed E-state index contributed by atoms with van der Waals surface area (Å²) in [6.07, 6.45) is 0. The summed E-state index contributed by atoms with van der Waals surface area (Å²) >= 11 is 9.51. The average molecular weight is 354 g/mol. The second-order valence-electron chi connectivity index (χ2n) is 4.46. The summed E-state index contributed by atoms with van der Waals surface area (Å²) in [5.74, 6) is -0.224. The van der Waals surface area contributed by atoms with Gasteiger partial charge < -0.3 is 11.1 Å². The largest absolute Gasteiger partial charge is 0.399 e. The zero-order valence-corrected chi connectivity index (χ0v) is 13.2. The summed E-state index contributed by atoms with van der Waals surface area (Å²) in [6, 6.07) is 12.5. The number of rotatable bonds is 3. The number of amides is 1. The third-order valence-corrected chi connectivity index (χ3v) is 3.99. The van der Waals surface area contributed by atoms with Crippen LogP contribution in [0.25, 0.3) is 0 Å². The molecule has 0 aliphatic rings. The van der Waals surface area contributed by atoms with Crippen LogP contribution in [-0.4, -0.2) is 5.91 Å². The van der Waals surface area contributed by atoms with Gasteiger partial charge in [0.1, 0.15) is 0 Å². The first kappa shape index (κ1) is 14.9. The zero-order chi connectivity index (χ0) is 14.7. The molecule has 0 aliphatic heterocycles. The molecule has 0 aromatic heterocycles. The van der Waals surface area contributed by atoms with E-state index < -0.39 is 0 Å². The van der Waals surface area contributed by atoms with Crippen LogP contribution in [0.2, 0.25) is 5.02 Å². The minimum absolute atomic E-state index is 0.133. The van der Waals surface area contributed by atoms with E-state index in [-0.39, 0.29) is 11.9 Å². The highest BCUT2D eigenvalue weighted by molar-refractivity contribution is 9.10. The van der Waals surface area contributed by atoms with E-state index in [9.17, 15) is 4.79 Å². The molecule has 2 aromatic carbocycles. The fourth-order valence-corrected chi connectivity index (χ4v) is 2.80. The van der Waals surface area contributed by atoms with E-state index in [4.69, 9.17) is 17.3 Å². The molecule has 0 saturated carbocycles. The van der Waals surface area contributed by atoms with E-state index in [1.807, 2.05) is 31.2 Å². The van der Waals surface area contributed by atoms with E-state index >= 15 is 0 Å². The maximum Gasteiger partial charge on any atom is 0.253 e. The van der Waals surface area contributed by atoms with E-state index in [0.29, 0.717) is 16.3 Å². The molecule has 0 spiro atoms. The summed E-state index contributed by atoms with van der Waals surface area (Å²) in [5.41, 5.74) is 7.57. The first-order valence-electron chi connectivity index (χ1n) is 6.09. The molecule has 20 heavy (non-hydrogen) atoms. The number of carbonyl (C=O) groups is 1. The maximum atomic E-state index is 12.2. The Labute approximate surface area is 131 Å². The van der Waals surface area contributed by atoms with Crippen LogP contribution in [-0.2, 0) is 0 Å². The lowest BCUT2D eigenvalue weighted by Gasteiger charge is -2.16. The molecule has 2 aromatic rings. The SMILES string of the molecule is CC(NC(=O)c1ccc(N)cc1Cl)c1ccccc1Br. The molecule has 3 nitrogen and oxygen atoms in total. The normalized spacial score (nSPS) is 11.9. The molecule has 1 unspecified atom stereocenters. The smallest absolute Gasteiger partial charge is 0.253 e. The first-order chi connectivity index (χ1) is 9.49. The monoisotopic (exact) mass is 352 g/mol. The van der Waals surface area contributed by atoms with Crippen LogP contribution in [0.5, 0.6) is 0 Å². The number of halogens is 2. The van der Waals surface area contributed by atoms with Gasteiger partial charge in [0.05, 0.1) is 16.6 Å². The van der Waals surface area contributed by atoms with E-state index in [2.05, 4.69) is 21.2 Å². The molecular weight excluding hydrogens is 340 g/mol. The van der Waals surface area contributed by atoms with Gasteiger partial charge in [0.25, 0.3) is 5.91 Å². The molecule has 0 heterocycles. The summed E-state index contributed by atoms with van der Waals surface area (Å²) in [6.45, 7) is 1.92. The highest BCUT2D eigenvalue weighted by Gasteiger charge is 2.15. The van der Waals surface area contributed by atoms with Crippen molar-refractivity contribution in [1.29, 1.82) is 0 Å². The lowest BCUT2D eigenvalue weighted by atomic mass is 10.1. The average Bonchev–Trinajstić information content (AvgIpc) is 2.38. The van der Waals surface area contributed by atoms with Crippen LogP contribution in [0.3, 0.4) is 0 Å². The summed E-state index contributed by atoms with van der Waals surface area (Å²) in [4.78, 5) is 12.2. The zero-order valence-electron chi connectivity index (χ0n) is 10.9. The Morgan fingerprint density at radius 3 is 2.65 bits per heavy atom. The second-order valence-corrected chi connectivity index (χ2v) is 5.72. The molecule has 0 fully saturated rings. The third-order valence-electron chi connectivity index (χ3n) is 2.96. The summed E-state index contributed by atoms with van der Waals surface area (Å²) in [5, 5.41) is 3.27. The van der Waals surface area contributed by atoms with E-state index in [1.54, 1.807) is 18.2 Å². The summed E-state index contributed by atoms with van der Waals surface area (Å²) < 4.78 is 0.955. The number of hydrogen-bond donors (Lipinski definition) is 2. The van der Waals surface area contributed by atoms with Gasteiger partial charge in [-0.2, -0.15) is 0 Å². The van der Waals surface area contributed by atoms with E-state index in [1.165, 1.54) is 0 Å². The van der Waals surface area contributed by atoms with Gasteiger partial charge in [-0.25, -0.2) is 0 Å². The Kier molecular flexibility index (Phi) is 4.68. The Bertz CT molecular complexity index is 646. The van der Waals surface area contributed by atoms with E-state index in [0.717, 1.165) is 10.0 Å². The van der Waals surface area contributed by atoms with Crippen LogP contribution < -0.4 is 11.1 Å². The Morgan fingerprint density at radius 2 is 2.00 bits per heavy atom. The Hall–Kier alpha value is -1.52. The van der Waals surface area contributed by atoms with Crippen molar-refractivity contribution in [3.05, 3.63) is 63.1 Å². The molecule has 2 rings (SSSR count). The molecule has 104 valence electrons. The number of nitrogens with one attached hydrogen (secondary N) is 1. The molecule has 0 saturated heterocycles. The molecule has 0 bridgehead atoms. The van der Waals surface area contributed by atoms with Crippen LogP contribution in [0, 0.1) is 0 Å². The lowest BCUT2D eigenvalue weighted by Crippen LogP contribution is -2.27. The first-order valence-corrected chi connectivity index (χ1v) is 7.26. The number of nitrogen functional groups attached to an aromatic ring is 1. The van der Waals surface area contributed by atoms with Crippen molar-refractivity contribution >= 4 is 39.1 Å². The van der Waals surface area contributed by atoms with Crippen molar-refractivity contribution < 1.29 is 4.79 Å². The molecule has 0 radical (unpaired) electrons. The van der Waals surface area contributed by atoms with Gasteiger partial charge in [-0.3, -0.25) is 4.79 Å². The predicted octanol–water partition coefficient (Wildman–Crippen LogP) is 4.18. The van der Waals surface area contributed by atoms with Gasteiger partial charge in [-0.1, -0.05) is 45.7 Å². The Morgan fingerprint density at radius 1 is 1.30 bits per heavy atom. The molecule has 1 atom stereocenters. The van der Waals surface area contributed by atoms with Crippen LogP contribution >= 0.6 is 27.5 Å². The van der Waals surface area contributed by atoms with Crippen molar-refractivity contribution in [1.82, 2.24) is 5.32 Å². The molecular formula is C15H14BrClN2O. The Balaban J connectivity index is 2.17. The van der Waals surface area contributed by atoms with Crippen molar-refractivity contribution in [2.75, 3.05) is 5.73 Å². The lowest BCUT2D eigenvalue weighted by molar-refractivity contribution is 0.0940. The maximum absolute atomic E-state index is 12.2. The topological polar surface area (TPSA) is 55.1 Å². The van der Waals surface area contributed by atoms with Gasteiger partial charge in [0.15, 0.2) is 0 Å². The fraction of sp³-hybridized carbons (Fsp3) is 0.133. The van der Waals surface area contributed by atoms with Crippen LogP contribution in [0.4, 0.5) is 5.69 Å². The van der Waals surface area contributed by atoms with Crippen molar-refractivity contribution in [3.8, 4) is 0 Å². The number of carbonyl (C=O) groups excluding carboxylic acids is 1. The van der Waals surface area contributed by atoms with Gasteiger partial charge in [0.2, 0.25) is 0 Å². The quantitative estimate of drug-likeness (QED) is 0.813. The summed E-state index contributed by atoms with van der Waals surface area (Å²) in [7, 11) is 0. The highest BCUT2D eigenvalue weighted by atomic mass is 79.9. The van der Waals surface area contributed by atoms with Gasteiger partial charge in [-0.15, -0.1) is 0 Å². The molecule has 1 amide bonds. The minimum atomic E-state index is -0.224. The second kappa shape index (κ2) is 6.29. The minimum Gasteiger partial charge on any atom is -0.399 e. The molecule has 5 heteroatoms. The number of anilines is 1. The fourth-order valence-electron chi connectivity index (χ4n) is 1.89. The number of benzene rings is 2. The van der Waals surface area contributed by atoms with Crippen molar-refractivity contribution in [3.63, 3.8) is 0 Å².